The molecular weight excluding hydrogens is 196 g/mol. The lowest BCUT2D eigenvalue weighted by atomic mass is 10.3. The van der Waals surface area contributed by atoms with E-state index in [0.29, 0.717) is 6.54 Å². The number of aromatic nitrogens is 1. The zero-order valence-electron chi connectivity index (χ0n) is 7.99. The van der Waals surface area contributed by atoms with E-state index in [-0.39, 0.29) is 0 Å². The van der Waals surface area contributed by atoms with Crippen LogP contribution in [-0.4, -0.2) is 18.6 Å². The van der Waals surface area contributed by atoms with E-state index in [1.54, 1.807) is 18.4 Å². The third-order valence-electron chi connectivity index (χ3n) is 2.00. The molecule has 0 saturated carbocycles. The normalized spacial score (nSPS) is 10.7. The van der Waals surface area contributed by atoms with Gasteiger partial charge in [0.05, 0.1) is 22.3 Å². The van der Waals surface area contributed by atoms with Crippen molar-refractivity contribution in [3.05, 3.63) is 23.2 Å². The quantitative estimate of drug-likeness (QED) is 0.836. The smallest absolute Gasteiger partial charge is 0.121 e. The number of fused-ring (bicyclic) bond motifs is 1. The van der Waals surface area contributed by atoms with Gasteiger partial charge >= 0.3 is 0 Å². The summed E-state index contributed by atoms with van der Waals surface area (Å²) in [6.45, 7) is 0.650. The minimum Gasteiger partial charge on any atom is -0.497 e. The van der Waals surface area contributed by atoms with Gasteiger partial charge < -0.3 is 10.5 Å². The van der Waals surface area contributed by atoms with E-state index >= 15 is 0 Å². The van der Waals surface area contributed by atoms with Gasteiger partial charge in [0.25, 0.3) is 0 Å². The molecule has 0 amide bonds. The molecule has 1 aromatic carbocycles. The van der Waals surface area contributed by atoms with Crippen molar-refractivity contribution in [3.8, 4) is 5.75 Å². The molecule has 0 spiro atoms. The monoisotopic (exact) mass is 208 g/mol. The zero-order valence-corrected chi connectivity index (χ0v) is 8.80. The van der Waals surface area contributed by atoms with E-state index in [4.69, 9.17) is 10.5 Å². The van der Waals surface area contributed by atoms with Gasteiger partial charge in [-0.25, -0.2) is 4.98 Å². The van der Waals surface area contributed by atoms with Gasteiger partial charge in [0, 0.05) is 12.5 Å². The highest BCUT2D eigenvalue weighted by Crippen LogP contribution is 2.25. The lowest BCUT2D eigenvalue weighted by molar-refractivity contribution is 0.415. The van der Waals surface area contributed by atoms with Crippen LogP contribution in [-0.2, 0) is 6.42 Å². The summed E-state index contributed by atoms with van der Waals surface area (Å²) in [6.07, 6.45) is 0.849. The molecule has 0 fully saturated rings. The standard InChI is InChI=1S/C10H12N2OS/c1-13-7-2-3-9-8(6-7)12-10(14-9)4-5-11/h2-3,6H,4-5,11H2,1H3. The van der Waals surface area contributed by atoms with Crippen LogP contribution in [0.3, 0.4) is 0 Å². The minimum absolute atomic E-state index is 0.650. The summed E-state index contributed by atoms with van der Waals surface area (Å²) in [7, 11) is 1.66. The predicted octanol–water partition coefficient (Wildman–Crippen LogP) is 1.81. The maximum Gasteiger partial charge on any atom is 0.121 e. The molecule has 0 atom stereocenters. The Hall–Kier alpha value is -1.13. The lowest BCUT2D eigenvalue weighted by Gasteiger charge is -1.96. The Kier molecular flexibility index (Phi) is 2.65. The Morgan fingerprint density at radius 3 is 3.07 bits per heavy atom. The molecule has 2 N–H and O–H groups in total. The lowest BCUT2D eigenvalue weighted by Crippen LogP contribution is -2.01. The van der Waals surface area contributed by atoms with Crippen molar-refractivity contribution in [2.75, 3.05) is 13.7 Å². The van der Waals surface area contributed by atoms with Crippen LogP contribution in [0, 0.1) is 0 Å². The molecule has 2 aromatic rings. The molecule has 0 aliphatic heterocycles. The van der Waals surface area contributed by atoms with E-state index in [2.05, 4.69) is 4.98 Å². The molecule has 0 aliphatic rings. The van der Waals surface area contributed by atoms with Crippen molar-refractivity contribution < 1.29 is 4.74 Å². The summed E-state index contributed by atoms with van der Waals surface area (Å²) in [4.78, 5) is 4.47. The highest BCUT2D eigenvalue weighted by Gasteiger charge is 2.03. The molecule has 2 rings (SSSR count). The Labute approximate surface area is 86.5 Å². The highest BCUT2D eigenvalue weighted by atomic mass is 32.1. The van der Waals surface area contributed by atoms with Crippen molar-refractivity contribution in [2.24, 2.45) is 5.73 Å². The molecule has 14 heavy (non-hydrogen) atoms. The Bertz CT molecular complexity index is 439. The predicted molar refractivity (Wildman–Crippen MR) is 58.9 cm³/mol. The highest BCUT2D eigenvalue weighted by molar-refractivity contribution is 7.18. The second-order valence-corrected chi connectivity index (χ2v) is 4.10. The molecule has 74 valence electrons. The van der Waals surface area contributed by atoms with Gasteiger partial charge in [-0.2, -0.15) is 0 Å². The summed E-state index contributed by atoms with van der Waals surface area (Å²) < 4.78 is 6.32. The van der Waals surface area contributed by atoms with Crippen molar-refractivity contribution >= 4 is 21.6 Å². The van der Waals surface area contributed by atoms with Crippen LogP contribution in [0.1, 0.15) is 5.01 Å². The van der Waals surface area contributed by atoms with Crippen LogP contribution in [0.4, 0.5) is 0 Å². The molecule has 3 nitrogen and oxygen atoms in total. The second kappa shape index (κ2) is 3.94. The summed E-state index contributed by atoms with van der Waals surface area (Å²) in [5, 5.41) is 1.09. The first kappa shape index (κ1) is 9.43. The largest absolute Gasteiger partial charge is 0.497 e. The Morgan fingerprint density at radius 1 is 1.50 bits per heavy atom. The third-order valence-corrected chi connectivity index (χ3v) is 3.09. The number of hydrogen-bond acceptors (Lipinski definition) is 4. The molecule has 1 heterocycles. The van der Waals surface area contributed by atoms with Crippen LogP contribution in [0.15, 0.2) is 18.2 Å². The molecule has 0 saturated heterocycles. The first-order valence-electron chi connectivity index (χ1n) is 4.47. The summed E-state index contributed by atoms with van der Waals surface area (Å²) in [6, 6.07) is 5.93. The topological polar surface area (TPSA) is 48.1 Å². The molecule has 0 bridgehead atoms. The maximum atomic E-state index is 5.48. The average molecular weight is 208 g/mol. The van der Waals surface area contributed by atoms with E-state index in [9.17, 15) is 0 Å². The van der Waals surface area contributed by atoms with E-state index in [1.165, 1.54) is 4.70 Å². The number of methoxy groups -OCH3 is 1. The van der Waals surface area contributed by atoms with Crippen molar-refractivity contribution in [1.82, 2.24) is 4.98 Å². The first-order chi connectivity index (χ1) is 6.83. The van der Waals surface area contributed by atoms with Crippen LogP contribution < -0.4 is 10.5 Å². The van der Waals surface area contributed by atoms with Gasteiger partial charge in [0.15, 0.2) is 0 Å². The molecule has 0 unspecified atom stereocenters. The average Bonchev–Trinajstić information content (AvgIpc) is 2.59. The minimum atomic E-state index is 0.650. The zero-order chi connectivity index (χ0) is 9.97. The molecular formula is C10H12N2OS. The van der Waals surface area contributed by atoms with Crippen LogP contribution in [0.2, 0.25) is 0 Å². The Morgan fingerprint density at radius 2 is 2.36 bits per heavy atom. The third kappa shape index (κ3) is 1.71. The fraction of sp³-hybridized carbons (Fsp3) is 0.300. The number of rotatable bonds is 3. The Balaban J connectivity index is 2.43. The van der Waals surface area contributed by atoms with Gasteiger partial charge in [-0.05, 0) is 18.7 Å². The molecule has 4 heteroatoms. The van der Waals surface area contributed by atoms with Gasteiger partial charge in [-0.15, -0.1) is 11.3 Å². The summed E-state index contributed by atoms with van der Waals surface area (Å²) in [5.41, 5.74) is 6.48. The van der Waals surface area contributed by atoms with Gasteiger partial charge in [-0.3, -0.25) is 0 Å². The van der Waals surface area contributed by atoms with Crippen LogP contribution in [0.5, 0.6) is 5.75 Å². The fourth-order valence-corrected chi connectivity index (χ4v) is 2.28. The number of thiazole rings is 1. The van der Waals surface area contributed by atoms with Gasteiger partial charge in [0.1, 0.15) is 5.75 Å². The molecule has 1 aromatic heterocycles. The molecule has 0 aliphatic carbocycles. The van der Waals surface area contributed by atoms with Crippen molar-refractivity contribution in [3.63, 3.8) is 0 Å². The maximum absolute atomic E-state index is 5.48. The number of nitrogens with zero attached hydrogens (tertiary/aromatic N) is 1. The summed E-state index contributed by atoms with van der Waals surface area (Å²) in [5.74, 6) is 0.849. The van der Waals surface area contributed by atoms with Gasteiger partial charge in [0.2, 0.25) is 0 Å². The van der Waals surface area contributed by atoms with E-state index in [0.717, 1.165) is 22.7 Å². The number of benzene rings is 1. The number of ether oxygens (including phenoxy) is 1. The van der Waals surface area contributed by atoms with Gasteiger partial charge in [-0.1, -0.05) is 0 Å². The summed E-state index contributed by atoms with van der Waals surface area (Å²) >= 11 is 1.69. The first-order valence-corrected chi connectivity index (χ1v) is 5.28. The van der Waals surface area contributed by atoms with Crippen LogP contribution in [0.25, 0.3) is 10.2 Å². The van der Waals surface area contributed by atoms with Crippen molar-refractivity contribution in [1.29, 1.82) is 0 Å². The van der Waals surface area contributed by atoms with Crippen molar-refractivity contribution in [2.45, 2.75) is 6.42 Å². The van der Waals surface area contributed by atoms with Crippen LogP contribution >= 0.6 is 11.3 Å². The number of hydrogen-bond donors (Lipinski definition) is 1. The SMILES string of the molecule is COc1ccc2sc(CCN)nc2c1. The van der Waals surface area contributed by atoms with E-state index in [1.807, 2.05) is 18.2 Å². The second-order valence-electron chi connectivity index (χ2n) is 2.98. The van der Waals surface area contributed by atoms with E-state index < -0.39 is 0 Å². The molecule has 0 radical (unpaired) electrons. The fourth-order valence-electron chi connectivity index (χ4n) is 1.31. The number of nitrogens with two attached hydrogens (primary N) is 1.